The van der Waals surface area contributed by atoms with Crippen molar-refractivity contribution < 1.29 is 29.2 Å². The number of quaternary nitrogens is 1. The van der Waals surface area contributed by atoms with Gasteiger partial charge in [0.2, 0.25) is 5.91 Å². The summed E-state index contributed by atoms with van der Waals surface area (Å²) in [5, 5.41) is 1.57. The van der Waals surface area contributed by atoms with E-state index in [4.69, 9.17) is 4.74 Å². The lowest BCUT2D eigenvalue weighted by Crippen LogP contribution is -2.97. The minimum atomic E-state index is -0.608. The van der Waals surface area contributed by atoms with Gasteiger partial charge in [0.05, 0.1) is 25.8 Å². The summed E-state index contributed by atoms with van der Waals surface area (Å²) in [5.41, 5.74) is 0.505. The van der Waals surface area contributed by atoms with Gasteiger partial charge < -0.3 is 14.8 Å². The van der Waals surface area contributed by atoms with Gasteiger partial charge in [0.25, 0.3) is 5.91 Å². The molecule has 1 aliphatic heterocycles. The number of esters is 1. The van der Waals surface area contributed by atoms with Crippen molar-refractivity contribution in [2.75, 3.05) is 18.6 Å². The first kappa shape index (κ1) is 17.0. The lowest BCUT2D eigenvalue weighted by atomic mass is 10.2. The first-order valence-corrected chi connectivity index (χ1v) is 7.50. The Morgan fingerprint density at radius 1 is 1.35 bits per heavy atom. The number of benzene rings is 1. The topological polar surface area (TPSA) is 89.5 Å². The molecule has 2 N–H and O–H groups in total. The van der Waals surface area contributed by atoms with Crippen LogP contribution in [0.1, 0.15) is 20.3 Å². The smallest absolute Gasteiger partial charge is 0.364 e. The summed E-state index contributed by atoms with van der Waals surface area (Å²) in [7, 11) is 1.29. The molecule has 0 aliphatic carbocycles. The summed E-state index contributed by atoms with van der Waals surface area (Å²) in [6.07, 6.45) is 0.0629. The summed E-state index contributed by atoms with van der Waals surface area (Å²) in [6, 6.07) is 5.63. The van der Waals surface area contributed by atoms with Crippen molar-refractivity contribution in [3.8, 4) is 5.75 Å². The van der Waals surface area contributed by atoms with E-state index in [2.05, 4.69) is 4.74 Å². The fraction of sp³-hybridized carbons (Fsp3) is 0.438. The number of anilines is 1. The SMILES string of the molecule is CCOc1ccc(N2C(=O)C[C@H]([NH2+][C@H](C)C(=O)OC)C2=O)cc1. The van der Waals surface area contributed by atoms with E-state index in [0.29, 0.717) is 18.0 Å². The molecule has 0 spiro atoms. The van der Waals surface area contributed by atoms with Crippen LogP contribution in [0.25, 0.3) is 0 Å². The Morgan fingerprint density at radius 2 is 2.00 bits per heavy atom. The molecule has 7 heteroatoms. The van der Waals surface area contributed by atoms with E-state index < -0.39 is 18.1 Å². The standard InChI is InChI=1S/C16H20N2O5/c1-4-23-12-7-5-11(6-8-12)18-14(19)9-13(15(18)20)17-10(2)16(21)22-3/h5-8,10,13,17H,4,9H2,1-3H3/p+1/t10-,13+/m1/s1. The number of nitrogens with two attached hydrogens (primary N) is 1. The maximum absolute atomic E-state index is 12.5. The third-order valence-corrected chi connectivity index (χ3v) is 3.68. The van der Waals surface area contributed by atoms with Gasteiger partial charge in [-0.15, -0.1) is 0 Å². The number of ether oxygens (including phenoxy) is 2. The lowest BCUT2D eigenvalue weighted by Gasteiger charge is -2.16. The normalized spacial score (nSPS) is 18.9. The van der Waals surface area contributed by atoms with Gasteiger partial charge in [-0.25, -0.2) is 9.69 Å². The molecule has 1 aromatic rings. The highest BCUT2D eigenvalue weighted by molar-refractivity contribution is 6.21. The maximum atomic E-state index is 12.5. The predicted octanol–water partition coefficient (Wildman–Crippen LogP) is -0.158. The van der Waals surface area contributed by atoms with Gasteiger partial charge in [0.1, 0.15) is 5.75 Å². The summed E-state index contributed by atoms with van der Waals surface area (Å²) in [6.45, 7) is 4.07. The zero-order valence-corrected chi connectivity index (χ0v) is 13.4. The highest BCUT2D eigenvalue weighted by Gasteiger charge is 2.43. The highest BCUT2D eigenvalue weighted by atomic mass is 16.5. The number of imide groups is 1. The monoisotopic (exact) mass is 321 g/mol. The minimum Gasteiger partial charge on any atom is -0.494 e. The molecule has 124 valence electrons. The van der Waals surface area contributed by atoms with Gasteiger partial charge in [-0.3, -0.25) is 9.59 Å². The van der Waals surface area contributed by atoms with Crippen molar-refractivity contribution in [2.45, 2.75) is 32.4 Å². The Balaban J connectivity index is 2.10. The maximum Gasteiger partial charge on any atom is 0.364 e. The molecule has 0 saturated carbocycles. The van der Waals surface area contributed by atoms with E-state index in [0.717, 1.165) is 4.90 Å². The third kappa shape index (κ3) is 3.68. The second kappa shape index (κ2) is 7.23. The predicted molar refractivity (Wildman–Crippen MR) is 81.9 cm³/mol. The molecular weight excluding hydrogens is 300 g/mol. The van der Waals surface area contributed by atoms with E-state index in [1.54, 1.807) is 36.5 Å². The molecule has 0 unspecified atom stereocenters. The van der Waals surface area contributed by atoms with E-state index in [1.165, 1.54) is 7.11 Å². The number of methoxy groups -OCH3 is 1. The largest absolute Gasteiger partial charge is 0.494 e. The Morgan fingerprint density at radius 3 is 2.57 bits per heavy atom. The van der Waals surface area contributed by atoms with Crippen LogP contribution in [-0.2, 0) is 19.1 Å². The van der Waals surface area contributed by atoms with Gasteiger partial charge >= 0.3 is 5.97 Å². The zero-order valence-electron chi connectivity index (χ0n) is 13.4. The van der Waals surface area contributed by atoms with Crippen LogP contribution in [0.5, 0.6) is 5.75 Å². The van der Waals surface area contributed by atoms with Gasteiger partial charge in [-0.2, -0.15) is 0 Å². The van der Waals surface area contributed by atoms with Crippen LogP contribution in [0.15, 0.2) is 24.3 Å². The van der Waals surface area contributed by atoms with Gasteiger partial charge in [-0.05, 0) is 38.1 Å². The Hall–Kier alpha value is -2.41. The van der Waals surface area contributed by atoms with Gasteiger partial charge in [0.15, 0.2) is 12.1 Å². The second-order valence-electron chi connectivity index (χ2n) is 5.31. The first-order chi connectivity index (χ1) is 11.0. The molecule has 1 saturated heterocycles. The molecule has 0 aromatic heterocycles. The average molecular weight is 321 g/mol. The van der Waals surface area contributed by atoms with Gasteiger partial charge in [-0.1, -0.05) is 0 Å². The summed E-state index contributed by atoms with van der Waals surface area (Å²) in [5.74, 6) is -0.352. The fourth-order valence-corrected chi connectivity index (χ4v) is 2.55. The van der Waals surface area contributed by atoms with Crippen molar-refractivity contribution >= 4 is 23.5 Å². The minimum absolute atomic E-state index is 0.0629. The second-order valence-corrected chi connectivity index (χ2v) is 5.31. The number of hydrogen-bond donors (Lipinski definition) is 1. The van der Waals surface area contributed by atoms with E-state index in [-0.39, 0.29) is 18.2 Å². The quantitative estimate of drug-likeness (QED) is 0.581. The lowest BCUT2D eigenvalue weighted by molar-refractivity contribution is -0.693. The fourth-order valence-electron chi connectivity index (χ4n) is 2.55. The number of nitrogens with zero attached hydrogens (tertiary/aromatic N) is 1. The molecule has 2 rings (SSSR count). The van der Waals surface area contributed by atoms with Crippen molar-refractivity contribution in [3.05, 3.63) is 24.3 Å². The molecule has 2 amide bonds. The summed E-state index contributed by atoms with van der Waals surface area (Å²) >= 11 is 0. The molecule has 2 atom stereocenters. The first-order valence-electron chi connectivity index (χ1n) is 7.50. The number of rotatable bonds is 6. The average Bonchev–Trinajstić information content (AvgIpc) is 2.82. The molecule has 0 radical (unpaired) electrons. The summed E-state index contributed by atoms with van der Waals surface area (Å²) < 4.78 is 9.98. The van der Waals surface area contributed by atoms with Crippen LogP contribution < -0.4 is 15.0 Å². The third-order valence-electron chi connectivity index (χ3n) is 3.68. The number of carbonyl (C=O) groups excluding carboxylic acids is 3. The van der Waals surface area contributed by atoms with Crippen LogP contribution in [0.4, 0.5) is 5.69 Å². The molecule has 1 heterocycles. The van der Waals surface area contributed by atoms with Gasteiger partial charge in [0, 0.05) is 0 Å². The molecule has 1 aromatic carbocycles. The molecule has 1 fully saturated rings. The zero-order chi connectivity index (χ0) is 17.0. The van der Waals surface area contributed by atoms with Crippen LogP contribution in [0, 0.1) is 0 Å². The Bertz CT molecular complexity index is 599. The highest BCUT2D eigenvalue weighted by Crippen LogP contribution is 2.24. The van der Waals surface area contributed by atoms with Crippen LogP contribution in [-0.4, -0.2) is 43.6 Å². The van der Waals surface area contributed by atoms with E-state index in [1.807, 2.05) is 6.92 Å². The van der Waals surface area contributed by atoms with Crippen molar-refractivity contribution in [2.24, 2.45) is 0 Å². The van der Waals surface area contributed by atoms with E-state index >= 15 is 0 Å². The number of carbonyl (C=O) groups is 3. The molecule has 0 bridgehead atoms. The van der Waals surface area contributed by atoms with Crippen LogP contribution in [0.3, 0.4) is 0 Å². The van der Waals surface area contributed by atoms with Crippen molar-refractivity contribution in [3.63, 3.8) is 0 Å². The Labute approximate surface area is 134 Å². The number of hydrogen-bond acceptors (Lipinski definition) is 5. The van der Waals surface area contributed by atoms with E-state index in [9.17, 15) is 14.4 Å². The van der Waals surface area contributed by atoms with Crippen molar-refractivity contribution in [1.82, 2.24) is 0 Å². The molecular formula is C16H21N2O5+. The van der Waals surface area contributed by atoms with Crippen molar-refractivity contribution in [1.29, 1.82) is 0 Å². The summed E-state index contributed by atoms with van der Waals surface area (Å²) in [4.78, 5) is 37.2. The van der Waals surface area contributed by atoms with Crippen LogP contribution in [0.2, 0.25) is 0 Å². The van der Waals surface area contributed by atoms with Crippen LogP contribution >= 0.6 is 0 Å². The Kier molecular flexibility index (Phi) is 5.33. The molecule has 7 nitrogen and oxygen atoms in total. The number of amides is 2. The molecule has 23 heavy (non-hydrogen) atoms. The molecule has 1 aliphatic rings.